The maximum absolute atomic E-state index is 9.54. The van der Waals surface area contributed by atoms with E-state index in [0.29, 0.717) is 12.5 Å². The first-order valence-electron chi connectivity index (χ1n) is 7.57. The molecule has 0 aromatic carbocycles. The molecule has 0 aliphatic carbocycles. The van der Waals surface area contributed by atoms with Crippen LogP contribution in [0.2, 0.25) is 0 Å². The molecule has 1 aliphatic rings. The van der Waals surface area contributed by atoms with Crippen LogP contribution in [-0.4, -0.2) is 49.3 Å². The maximum Gasteiger partial charge on any atom is 0.111 e. The Morgan fingerprint density at radius 2 is 2.11 bits per heavy atom. The molecule has 1 aliphatic heterocycles. The molecule has 1 rings (SSSR count). The van der Waals surface area contributed by atoms with E-state index in [-0.39, 0.29) is 11.6 Å². The molecule has 0 radical (unpaired) electrons. The lowest BCUT2D eigenvalue weighted by Crippen LogP contribution is -2.53. The lowest BCUT2D eigenvalue weighted by molar-refractivity contribution is -0.0387. The van der Waals surface area contributed by atoms with Crippen LogP contribution in [0.25, 0.3) is 0 Å². The summed E-state index contributed by atoms with van der Waals surface area (Å²) >= 11 is 0. The first kappa shape index (κ1) is 16.4. The van der Waals surface area contributed by atoms with Crippen molar-refractivity contribution in [2.24, 2.45) is 5.92 Å². The third-order valence-corrected chi connectivity index (χ3v) is 4.15. The van der Waals surface area contributed by atoms with Gasteiger partial charge in [-0.25, -0.2) is 0 Å². The molecular weight excluding hydrogens is 238 g/mol. The fourth-order valence-corrected chi connectivity index (χ4v) is 2.61. The molecule has 2 atom stereocenters. The topological polar surface area (TPSA) is 48.3 Å². The molecule has 1 fully saturated rings. The molecule has 0 bridgehead atoms. The average molecular weight is 267 g/mol. The van der Waals surface area contributed by atoms with Crippen LogP contribution in [0.15, 0.2) is 0 Å². The number of nitrogens with one attached hydrogen (secondary N) is 1. The minimum Gasteiger partial charge on any atom is -0.378 e. The molecule has 19 heavy (non-hydrogen) atoms. The normalized spacial score (nSPS) is 27.7. The van der Waals surface area contributed by atoms with Gasteiger partial charge in [-0.3, -0.25) is 5.32 Å². The van der Waals surface area contributed by atoms with Gasteiger partial charge in [0.15, 0.2) is 0 Å². The second kappa shape index (κ2) is 7.84. The van der Waals surface area contributed by atoms with Crippen molar-refractivity contribution in [2.75, 3.05) is 32.8 Å². The van der Waals surface area contributed by atoms with Crippen molar-refractivity contribution in [1.29, 1.82) is 5.26 Å². The van der Waals surface area contributed by atoms with E-state index in [1.54, 1.807) is 0 Å². The van der Waals surface area contributed by atoms with Gasteiger partial charge in [0.2, 0.25) is 0 Å². The number of nitriles is 1. The van der Waals surface area contributed by atoms with E-state index < -0.39 is 0 Å². The van der Waals surface area contributed by atoms with Crippen molar-refractivity contribution < 1.29 is 4.74 Å². The monoisotopic (exact) mass is 267 g/mol. The zero-order chi connectivity index (χ0) is 14.3. The summed E-state index contributed by atoms with van der Waals surface area (Å²) in [7, 11) is 0. The first-order valence-corrected chi connectivity index (χ1v) is 7.57. The second-order valence-corrected chi connectivity index (χ2v) is 5.75. The van der Waals surface area contributed by atoms with Crippen molar-refractivity contribution in [3.63, 3.8) is 0 Å². The molecule has 4 nitrogen and oxygen atoms in total. The van der Waals surface area contributed by atoms with Crippen LogP contribution in [0, 0.1) is 17.2 Å². The smallest absolute Gasteiger partial charge is 0.111 e. The third kappa shape index (κ3) is 4.76. The van der Waals surface area contributed by atoms with Crippen LogP contribution >= 0.6 is 0 Å². The summed E-state index contributed by atoms with van der Waals surface area (Å²) in [6.45, 7) is 13.4. The molecule has 0 aromatic heterocycles. The Morgan fingerprint density at radius 3 is 2.63 bits per heavy atom. The van der Waals surface area contributed by atoms with Crippen LogP contribution in [-0.2, 0) is 4.74 Å². The fourth-order valence-electron chi connectivity index (χ4n) is 2.61. The van der Waals surface area contributed by atoms with Crippen LogP contribution in [0.3, 0.4) is 0 Å². The van der Waals surface area contributed by atoms with E-state index in [1.807, 2.05) is 0 Å². The van der Waals surface area contributed by atoms with E-state index in [0.717, 1.165) is 39.0 Å². The highest BCUT2D eigenvalue weighted by molar-refractivity contribution is 5.10. The Hall–Kier alpha value is -0.630. The van der Waals surface area contributed by atoms with Gasteiger partial charge in [-0.2, -0.15) is 5.26 Å². The number of hydrogen-bond donors (Lipinski definition) is 1. The van der Waals surface area contributed by atoms with Crippen LogP contribution in [0.4, 0.5) is 0 Å². The highest BCUT2D eigenvalue weighted by Crippen LogP contribution is 2.28. The van der Waals surface area contributed by atoms with Gasteiger partial charge in [0, 0.05) is 32.5 Å². The van der Waals surface area contributed by atoms with Gasteiger partial charge in [-0.15, -0.1) is 0 Å². The zero-order valence-corrected chi connectivity index (χ0v) is 12.9. The summed E-state index contributed by atoms with van der Waals surface area (Å²) in [5, 5.41) is 13.0. The third-order valence-electron chi connectivity index (χ3n) is 4.15. The predicted molar refractivity (Wildman–Crippen MR) is 77.9 cm³/mol. The van der Waals surface area contributed by atoms with Crippen LogP contribution < -0.4 is 5.32 Å². The second-order valence-electron chi connectivity index (χ2n) is 5.75. The molecule has 0 amide bonds. The molecule has 0 spiro atoms. The number of hydrogen-bond acceptors (Lipinski definition) is 4. The summed E-state index contributed by atoms with van der Waals surface area (Å²) in [4.78, 5) is 2.37. The summed E-state index contributed by atoms with van der Waals surface area (Å²) in [5.41, 5.74) is -0.389. The van der Waals surface area contributed by atoms with Crippen LogP contribution in [0.1, 0.15) is 40.5 Å². The molecule has 1 saturated heterocycles. The molecule has 4 heteroatoms. The van der Waals surface area contributed by atoms with Gasteiger partial charge in [-0.1, -0.05) is 27.7 Å². The SMILES string of the molecule is CCN(CC)CCNC1(C#N)CCOC(C(C)C)C1. The quantitative estimate of drug-likeness (QED) is 0.766. The van der Waals surface area contributed by atoms with Crippen molar-refractivity contribution in [3.8, 4) is 6.07 Å². The Balaban J connectivity index is 2.49. The molecule has 110 valence electrons. The summed E-state index contributed by atoms with van der Waals surface area (Å²) in [6, 6.07) is 2.50. The van der Waals surface area contributed by atoms with E-state index in [1.165, 1.54) is 0 Å². The minimum absolute atomic E-state index is 0.203. The van der Waals surface area contributed by atoms with E-state index in [4.69, 9.17) is 4.74 Å². The summed E-state index contributed by atoms with van der Waals surface area (Å²) < 4.78 is 5.76. The van der Waals surface area contributed by atoms with Crippen molar-refractivity contribution >= 4 is 0 Å². The highest BCUT2D eigenvalue weighted by Gasteiger charge is 2.37. The maximum atomic E-state index is 9.54. The molecule has 1 N–H and O–H groups in total. The lowest BCUT2D eigenvalue weighted by Gasteiger charge is -2.38. The van der Waals surface area contributed by atoms with Gasteiger partial charge in [0.05, 0.1) is 12.2 Å². The number of likely N-dealkylation sites (N-methyl/N-ethyl adjacent to an activating group) is 1. The van der Waals surface area contributed by atoms with Gasteiger partial charge in [-0.05, 0) is 19.0 Å². The van der Waals surface area contributed by atoms with Gasteiger partial charge in [0.25, 0.3) is 0 Å². The van der Waals surface area contributed by atoms with E-state index in [2.05, 4.69) is 44.0 Å². The van der Waals surface area contributed by atoms with Gasteiger partial charge < -0.3 is 9.64 Å². The zero-order valence-electron chi connectivity index (χ0n) is 12.9. The van der Waals surface area contributed by atoms with Crippen LogP contribution in [0.5, 0.6) is 0 Å². The first-order chi connectivity index (χ1) is 9.06. The van der Waals surface area contributed by atoms with Gasteiger partial charge in [0.1, 0.15) is 5.54 Å². The number of ether oxygens (including phenoxy) is 1. The number of nitrogens with zero attached hydrogens (tertiary/aromatic N) is 2. The van der Waals surface area contributed by atoms with Crippen molar-refractivity contribution in [3.05, 3.63) is 0 Å². The largest absolute Gasteiger partial charge is 0.378 e. The molecule has 0 saturated carbocycles. The Kier molecular flexibility index (Phi) is 6.78. The van der Waals surface area contributed by atoms with E-state index >= 15 is 0 Å². The van der Waals surface area contributed by atoms with Crippen molar-refractivity contribution in [1.82, 2.24) is 10.2 Å². The molecule has 2 unspecified atom stereocenters. The highest BCUT2D eigenvalue weighted by atomic mass is 16.5. The Bertz CT molecular complexity index is 296. The molecule has 1 heterocycles. The average Bonchev–Trinajstić information content (AvgIpc) is 2.44. The minimum atomic E-state index is -0.389. The molecule has 0 aromatic rings. The fraction of sp³-hybridized carbons (Fsp3) is 0.933. The standard InChI is InChI=1S/C15H29N3O/c1-5-18(6-2)9-8-17-15(12-16)7-10-19-14(11-15)13(3)4/h13-14,17H,5-11H2,1-4H3. The van der Waals surface area contributed by atoms with Crippen molar-refractivity contribution in [2.45, 2.75) is 52.2 Å². The predicted octanol–water partition coefficient (Wildman–Crippen LogP) is 2.02. The van der Waals surface area contributed by atoms with Gasteiger partial charge >= 0.3 is 0 Å². The summed E-state index contributed by atoms with van der Waals surface area (Å²) in [6.07, 6.45) is 1.80. The Labute approximate surface area is 118 Å². The Morgan fingerprint density at radius 1 is 1.42 bits per heavy atom. The summed E-state index contributed by atoms with van der Waals surface area (Å²) in [5.74, 6) is 0.470. The van der Waals surface area contributed by atoms with E-state index in [9.17, 15) is 5.26 Å². The number of rotatable bonds is 7. The molecular formula is C15H29N3O. The lowest BCUT2D eigenvalue weighted by atomic mass is 9.84.